The van der Waals surface area contributed by atoms with Crippen molar-refractivity contribution >= 4 is 303 Å². The minimum Gasteiger partial charge on any atom is -0.108 e. The van der Waals surface area contributed by atoms with E-state index in [2.05, 4.69) is 50.7 Å². The average molecular weight is 885 g/mol. The molecule has 298 valence electrons. The van der Waals surface area contributed by atoms with Gasteiger partial charge in [-0.1, -0.05) is 32.9 Å². The van der Waals surface area contributed by atoms with Crippen molar-refractivity contribution in [3.63, 3.8) is 0 Å². The van der Waals surface area contributed by atoms with E-state index in [9.17, 15) is 0 Å². The number of benzene rings is 18. The van der Waals surface area contributed by atoms with E-state index in [0.29, 0.717) is 0 Å². The molecule has 5 aliphatic rings. The summed E-state index contributed by atoms with van der Waals surface area (Å²) in [6.07, 6.45) is 0. The molecular formula is C70H12S. The Kier molecular flexibility index (Phi) is 2.25. The molecule has 2 spiro atoms. The van der Waals surface area contributed by atoms with E-state index in [4.69, 9.17) is 0 Å². The van der Waals surface area contributed by atoms with Crippen molar-refractivity contribution in [2.24, 2.45) is 0 Å². The summed E-state index contributed by atoms with van der Waals surface area (Å²) in [5.74, 6) is 0. The Bertz CT molecular complexity index is 7620. The van der Waals surface area contributed by atoms with Crippen LogP contribution in [0.1, 0.15) is 54.2 Å². The number of fused-ring (bicyclic) bond motifs is 1. The summed E-state index contributed by atoms with van der Waals surface area (Å²) < 4.78 is -0.308. The minimum absolute atomic E-state index is 0.0244. The van der Waals surface area contributed by atoms with Crippen LogP contribution in [0.4, 0.5) is 0 Å². The number of thioether (sulfide) groups is 1. The van der Waals surface area contributed by atoms with Crippen LogP contribution in [0.25, 0.3) is 291 Å². The molecule has 1 heteroatoms. The molecule has 1 heterocycles. The van der Waals surface area contributed by atoms with Crippen molar-refractivity contribution in [1.82, 2.24) is 0 Å². The van der Waals surface area contributed by atoms with Crippen LogP contribution in [0.2, 0.25) is 0 Å². The van der Waals surface area contributed by atoms with E-state index in [1.807, 2.05) is 0 Å². The van der Waals surface area contributed by atoms with Crippen LogP contribution in [-0.2, 0) is 15.6 Å². The fourth-order valence-corrected chi connectivity index (χ4v) is 27.2. The van der Waals surface area contributed by atoms with E-state index >= 15 is 0 Å². The second-order valence-electron chi connectivity index (χ2n) is 27.2. The van der Waals surface area contributed by atoms with Gasteiger partial charge in [-0.05, 0) is 336 Å². The predicted octanol–water partition coefficient (Wildman–Crippen LogP) is 19.7. The van der Waals surface area contributed by atoms with Gasteiger partial charge in [-0.3, -0.25) is 0 Å². The summed E-state index contributed by atoms with van der Waals surface area (Å²) in [6, 6.07) is 8.01. The largest absolute Gasteiger partial charge is 0.108 e. The van der Waals surface area contributed by atoms with Crippen molar-refractivity contribution in [3.05, 3.63) is 51.6 Å². The molecule has 0 nitrogen and oxygen atoms in total. The van der Waals surface area contributed by atoms with E-state index < -0.39 is 0 Å². The molecule has 2 atom stereocenters. The van der Waals surface area contributed by atoms with Crippen molar-refractivity contribution in [3.8, 4) is 0 Å². The van der Waals surface area contributed by atoms with Gasteiger partial charge in [0.2, 0.25) is 0 Å². The lowest BCUT2D eigenvalue weighted by atomic mass is 9.55. The van der Waals surface area contributed by atoms with Crippen LogP contribution in [0, 0.1) is 0 Å². The van der Waals surface area contributed by atoms with Crippen LogP contribution in [0.5, 0.6) is 0 Å². The van der Waals surface area contributed by atoms with Crippen LogP contribution in [0.15, 0.2) is 23.1 Å². The molecule has 0 saturated carbocycles. The standard InChI is InChI=1S/C70H12S/c1-68(2,3)7-4-5-9-8(6-7)69-64-57-50-38-30-21-12-10-11-13-16(12)25-32(30)40-41-33(25)31-22(13)24-20-15(11)18-17-14(10)19-23(21)36(38)44-42-28(19)26(17)34-35-27(18)29(20)43-45-37(24)39(31)51-53(41)62(61(64)52(40)50)66-59(51)56(45)60-49(43)47(35)54-46(34)48(42)58(55(44)57)65(69)63(54)67(60)70(66,69)71-9/h4-6H,1-3H3. The van der Waals surface area contributed by atoms with Crippen LogP contribution in [0.3, 0.4) is 0 Å². The van der Waals surface area contributed by atoms with Crippen LogP contribution >= 0.6 is 11.8 Å². The Morgan fingerprint density at radius 2 is 0.465 bits per heavy atom. The highest BCUT2D eigenvalue weighted by molar-refractivity contribution is 8.01. The third-order valence-electron chi connectivity index (χ3n) is 25.7. The zero-order valence-corrected chi connectivity index (χ0v) is 38.0. The zero-order valence-electron chi connectivity index (χ0n) is 37.1. The molecule has 29 aromatic carbocycles. The molecule has 0 aromatic heterocycles. The quantitative estimate of drug-likeness (QED) is 0.137. The smallest absolute Gasteiger partial charge is 0.0908 e. The van der Waals surface area contributed by atoms with E-state index in [0.717, 1.165) is 0 Å². The molecule has 0 N–H and O–H groups in total. The summed E-state index contributed by atoms with van der Waals surface area (Å²) in [5.41, 5.74) is 9.83. The highest BCUT2D eigenvalue weighted by Gasteiger charge is 2.74. The molecule has 0 saturated heterocycles. The van der Waals surface area contributed by atoms with Gasteiger partial charge in [0.15, 0.2) is 0 Å². The number of hydrogen-bond donors (Lipinski definition) is 0. The van der Waals surface area contributed by atoms with Gasteiger partial charge in [-0.25, -0.2) is 0 Å². The number of hydrogen-bond acceptors (Lipinski definition) is 1. The topological polar surface area (TPSA) is 0 Å². The molecule has 0 amide bonds. The van der Waals surface area contributed by atoms with Gasteiger partial charge >= 0.3 is 0 Å². The minimum atomic E-state index is -0.348. The number of rotatable bonds is 0. The van der Waals surface area contributed by atoms with Crippen molar-refractivity contribution in [1.29, 1.82) is 0 Å². The Morgan fingerprint density at radius 1 is 0.254 bits per heavy atom. The third kappa shape index (κ3) is 1.43. The molecule has 4 aliphatic carbocycles. The van der Waals surface area contributed by atoms with Crippen LogP contribution < -0.4 is 0 Å². The highest BCUT2D eigenvalue weighted by Crippen LogP contribution is 2.88. The Balaban J connectivity index is 1.18. The lowest BCUT2D eigenvalue weighted by molar-refractivity contribution is 0.538. The van der Waals surface area contributed by atoms with Crippen molar-refractivity contribution < 1.29 is 0 Å². The summed E-state index contributed by atoms with van der Waals surface area (Å²) in [5, 5.41) is 90.4. The SMILES string of the molecule is CC(C)(C)c1ccc2c(c1)C13c4c5c6c7c8c9c(c%10c%11c1c1c%12c4c4c%13c5c5c7c7c8c8c%14c9c%10c9c%10c%11c1c1c%11c%12c4c4c%12c%13c5c5c7c7c8c8c%14c9c9c%10c1c1c%11c4c4c%12c5c7c5c8c9c1c45)C63S2. The second kappa shape index (κ2) is 5.95. The molecule has 71 heavy (non-hydrogen) atoms. The molecule has 0 radical (unpaired) electrons. The third-order valence-corrected chi connectivity index (χ3v) is 27.3. The van der Waals surface area contributed by atoms with Gasteiger partial charge in [0.05, 0.1) is 10.2 Å². The summed E-state index contributed by atoms with van der Waals surface area (Å²) >= 11 is 2.36. The molecular weight excluding hydrogens is 873 g/mol. The fraction of sp³-hybridized carbons (Fsp3) is 0.0857. The first kappa shape index (κ1) is 26.9. The van der Waals surface area contributed by atoms with E-state index in [1.165, 1.54) is 5.56 Å². The first-order valence-electron chi connectivity index (χ1n) is 26.6. The first-order chi connectivity index (χ1) is 35.0. The van der Waals surface area contributed by atoms with Gasteiger partial charge in [-0.2, -0.15) is 0 Å². The molecule has 0 fully saturated rings. The maximum Gasteiger partial charge on any atom is 0.0908 e. The molecule has 29 aromatic rings. The Hall–Kier alpha value is -7.97. The lowest BCUT2D eigenvalue weighted by Gasteiger charge is -2.48. The maximum atomic E-state index is 2.82. The Morgan fingerprint density at radius 3 is 0.775 bits per heavy atom. The van der Waals surface area contributed by atoms with Crippen molar-refractivity contribution in [2.75, 3.05) is 0 Å². The van der Waals surface area contributed by atoms with Crippen LogP contribution in [-0.4, -0.2) is 0 Å². The lowest BCUT2D eigenvalue weighted by Crippen LogP contribution is -2.46. The monoisotopic (exact) mass is 884 g/mol. The zero-order chi connectivity index (χ0) is 42.5. The van der Waals surface area contributed by atoms with Crippen molar-refractivity contribution in [2.45, 2.75) is 41.2 Å². The summed E-state index contributed by atoms with van der Waals surface area (Å²) in [6.45, 7) is 7.41. The van der Waals surface area contributed by atoms with Gasteiger partial charge in [0, 0.05) is 4.90 Å². The molecule has 0 bridgehead atoms. The maximum absolute atomic E-state index is 2.82. The van der Waals surface area contributed by atoms with Gasteiger partial charge in [0.25, 0.3) is 0 Å². The van der Waals surface area contributed by atoms with Gasteiger partial charge in [0.1, 0.15) is 0 Å². The summed E-state index contributed by atoms with van der Waals surface area (Å²) in [4.78, 5) is 1.55. The van der Waals surface area contributed by atoms with E-state index in [-0.39, 0.29) is 15.6 Å². The molecule has 1 aliphatic heterocycles. The second-order valence-corrected chi connectivity index (χ2v) is 28.5. The van der Waals surface area contributed by atoms with Gasteiger partial charge < -0.3 is 0 Å². The van der Waals surface area contributed by atoms with Gasteiger partial charge in [-0.15, -0.1) is 11.8 Å². The average Bonchev–Trinajstić information content (AvgIpc) is 4.38. The molecule has 34 rings (SSSR count). The summed E-state index contributed by atoms with van der Waals surface area (Å²) in [7, 11) is 0. The predicted molar refractivity (Wildman–Crippen MR) is 304 cm³/mol. The highest BCUT2D eigenvalue weighted by atomic mass is 32.2. The fourth-order valence-electron chi connectivity index (χ4n) is 25.4. The molecule has 2 unspecified atom stereocenters. The normalized spacial score (nSPS) is 22.4. The first-order valence-corrected chi connectivity index (χ1v) is 27.5. The van der Waals surface area contributed by atoms with E-state index in [1.54, 1.807) is 324 Å². The Labute approximate surface area is 393 Å².